The Kier molecular flexibility index (Phi) is 4.96. The van der Waals surface area contributed by atoms with Crippen LogP contribution in [0.5, 0.6) is 0 Å². The molecule has 0 aliphatic heterocycles. The van der Waals surface area contributed by atoms with Gasteiger partial charge in [-0.25, -0.2) is 9.37 Å². The van der Waals surface area contributed by atoms with Crippen molar-refractivity contribution in [1.82, 2.24) is 9.97 Å². The Morgan fingerprint density at radius 1 is 1.33 bits per heavy atom. The minimum Gasteiger partial charge on any atom is -0.370 e. The van der Waals surface area contributed by atoms with Crippen LogP contribution in [-0.4, -0.2) is 21.6 Å². The van der Waals surface area contributed by atoms with Crippen LogP contribution < -0.4 is 11.3 Å². The Hall–Kier alpha value is -2.19. The number of thiophene rings is 1. The summed E-state index contributed by atoms with van der Waals surface area (Å²) in [5.41, 5.74) is 6.39. The first-order chi connectivity index (χ1) is 11.5. The first kappa shape index (κ1) is 16.7. The molecular formula is C16H14FN3O2S2. The predicted molar refractivity (Wildman–Crippen MR) is 94.8 cm³/mol. The Morgan fingerprint density at radius 3 is 2.79 bits per heavy atom. The molecule has 0 fully saturated rings. The zero-order chi connectivity index (χ0) is 17.1. The van der Waals surface area contributed by atoms with E-state index in [1.807, 2.05) is 5.38 Å². The third-order valence-electron chi connectivity index (χ3n) is 3.38. The lowest BCUT2D eigenvalue weighted by Crippen LogP contribution is -2.11. The second-order valence-electron chi connectivity index (χ2n) is 5.13. The van der Waals surface area contributed by atoms with E-state index in [0.717, 1.165) is 11.1 Å². The van der Waals surface area contributed by atoms with Crippen molar-refractivity contribution < 1.29 is 9.18 Å². The number of fused-ring (bicyclic) bond motifs is 1. The van der Waals surface area contributed by atoms with Gasteiger partial charge in [-0.15, -0.1) is 11.3 Å². The number of nitrogens with one attached hydrogen (secondary N) is 1. The van der Waals surface area contributed by atoms with E-state index in [1.54, 1.807) is 12.1 Å². The number of hydrogen-bond acceptors (Lipinski definition) is 5. The quantitative estimate of drug-likeness (QED) is 0.400. The van der Waals surface area contributed by atoms with Crippen molar-refractivity contribution in [2.75, 3.05) is 5.75 Å². The molecule has 0 aliphatic rings. The molecule has 0 unspecified atom stereocenters. The number of nitrogens with zero attached hydrogens (tertiary/aromatic N) is 1. The average molecular weight is 363 g/mol. The summed E-state index contributed by atoms with van der Waals surface area (Å²) in [4.78, 5) is 31.0. The van der Waals surface area contributed by atoms with E-state index >= 15 is 0 Å². The zero-order valence-electron chi connectivity index (χ0n) is 12.5. The minimum atomic E-state index is -0.338. The van der Waals surface area contributed by atoms with E-state index in [1.165, 1.54) is 35.2 Å². The molecule has 8 heteroatoms. The summed E-state index contributed by atoms with van der Waals surface area (Å²) in [6, 6.07) is 6.01. The fourth-order valence-electron chi connectivity index (χ4n) is 2.25. The van der Waals surface area contributed by atoms with Crippen molar-refractivity contribution in [3.63, 3.8) is 0 Å². The number of benzene rings is 1. The summed E-state index contributed by atoms with van der Waals surface area (Å²) in [6.07, 6.45) is 0.945. The zero-order valence-corrected chi connectivity index (χ0v) is 14.2. The molecule has 0 aliphatic carbocycles. The number of H-pyrrole nitrogens is 1. The lowest BCUT2D eigenvalue weighted by molar-refractivity contribution is -0.118. The molecule has 0 atom stereocenters. The highest BCUT2D eigenvalue weighted by Crippen LogP contribution is 2.31. The maximum atomic E-state index is 13.1. The Balaban J connectivity index is 1.87. The Bertz CT molecular complexity index is 935. The summed E-state index contributed by atoms with van der Waals surface area (Å²) >= 11 is 2.75. The van der Waals surface area contributed by atoms with Crippen LogP contribution in [0.15, 0.2) is 39.6 Å². The molecule has 3 aromatic rings. The van der Waals surface area contributed by atoms with Crippen LogP contribution >= 0.6 is 23.1 Å². The third-order valence-corrected chi connectivity index (χ3v) is 5.22. The number of thioether (sulfide) groups is 1. The van der Waals surface area contributed by atoms with E-state index < -0.39 is 0 Å². The smallest absolute Gasteiger partial charge is 0.260 e. The molecule has 0 bridgehead atoms. The Labute approximate surface area is 145 Å². The third kappa shape index (κ3) is 3.65. The highest BCUT2D eigenvalue weighted by Gasteiger charge is 2.13. The number of rotatable bonds is 6. The predicted octanol–water partition coefficient (Wildman–Crippen LogP) is 3.15. The van der Waals surface area contributed by atoms with Gasteiger partial charge in [0.05, 0.1) is 5.39 Å². The van der Waals surface area contributed by atoms with Crippen molar-refractivity contribution in [2.24, 2.45) is 5.73 Å². The van der Waals surface area contributed by atoms with Gasteiger partial charge in [0.1, 0.15) is 10.6 Å². The standard InChI is InChI=1S/C16H14FN3O2S2/c17-10-5-3-9(4-6-10)11-8-24-15-13(11)14(22)19-16(20-15)23-7-1-2-12(18)21/h3-6,8H,1-2,7H2,(H2,18,21)(H,19,20,22). The number of amides is 1. The number of nitrogens with two attached hydrogens (primary N) is 1. The van der Waals surface area contributed by atoms with Gasteiger partial charge >= 0.3 is 0 Å². The van der Waals surface area contributed by atoms with Crippen LogP contribution in [0.25, 0.3) is 21.3 Å². The largest absolute Gasteiger partial charge is 0.370 e. The van der Waals surface area contributed by atoms with Crippen LogP contribution in [0.1, 0.15) is 12.8 Å². The molecule has 3 rings (SSSR count). The number of aromatic nitrogens is 2. The first-order valence-corrected chi connectivity index (χ1v) is 9.09. The van der Waals surface area contributed by atoms with Gasteiger partial charge in [0, 0.05) is 23.1 Å². The van der Waals surface area contributed by atoms with Crippen molar-refractivity contribution in [1.29, 1.82) is 0 Å². The van der Waals surface area contributed by atoms with E-state index in [0.29, 0.717) is 34.0 Å². The molecule has 5 nitrogen and oxygen atoms in total. The van der Waals surface area contributed by atoms with Gasteiger partial charge in [-0.2, -0.15) is 0 Å². The SMILES string of the molecule is NC(=O)CCCSc1nc2scc(-c3ccc(F)cc3)c2c(=O)[nH]1. The fraction of sp³-hybridized carbons (Fsp3) is 0.188. The van der Waals surface area contributed by atoms with Crippen molar-refractivity contribution in [3.05, 3.63) is 45.8 Å². The van der Waals surface area contributed by atoms with Gasteiger partial charge in [0.15, 0.2) is 5.16 Å². The monoisotopic (exact) mass is 363 g/mol. The molecule has 2 aromatic heterocycles. The number of primary amides is 1. The molecule has 124 valence electrons. The van der Waals surface area contributed by atoms with Crippen LogP contribution in [0, 0.1) is 5.82 Å². The lowest BCUT2D eigenvalue weighted by Gasteiger charge is -2.02. The summed E-state index contributed by atoms with van der Waals surface area (Å²) in [5.74, 6) is -0.0113. The van der Waals surface area contributed by atoms with Crippen molar-refractivity contribution in [2.45, 2.75) is 18.0 Å². The van der Waals surface area contributed by atoms with Gasteiger partial charge in [-0.1, -0.05) is 23.9 Å². The lowest BCUT2D eigenvalue weighted by atomic mass is 10.1. The summed E-state index contributed by atoms with van der Waals surface area (Å²) in [7, 11) is 0. The van der Waals surface area contributed by atoms with Gasteiger partial charge in [0.25, 0.3) is 5.56 Å². The normalized spacial score (nSPS) is 11.0. The highest BCUT2D eigenvalue weighted by atomic mass is 32.2. The first-order valence-electron chi connectivity index (χ1n) is 7.23. The number of hydrogen-bond donors (Lipinski definition) is 2. The molecular weight excluding hydrogens is 349 g/mol. The van der Waals surface area contributed by atoms with Crippen LogP contribution in [0.3, 0.4) is 0 Å². The summed E-state index contributed by atoms with van der Waals surface area (Å²) in [5, 5.41) is 2.87. The van der Waals surface area contributed by atoms with Gasteiger partial charge < -0.3 is 10.7 Å². The molecule has 0 spiro atoms. The van der Waals surface area contributed by atoms with Crippen molar-refractivity contribution >= 4 is 39.2 Å². The fourth-order valence-corrected chi connectivity index (χ4v) is 4.06. The van der Waals surface area contributed by atoms with E-state index in [-0.39, 0.29) is 17.3 Å². The molecule has 3 N–H and O–H groups in total. The Morgan fingerprint density at radius 2 is 2.08 bits per heavy atom. The topological polar surface area (TPSA) is 88.8 Å². The number of halogens is 1. The average Bonchev–Trinajstić information content (AvgIpc) is 2.97. The highest BCUT2D eigenvalue weighted by molar-refractivity contribution is 7.99. The second kappa shape index (κ2) is 7.14. The summed E-state index contributed by atoms with van der Waals surface area (Å²) in [6.45, 7) is 0. The molecule has 1 aromatic carbocycles. The molecule has 0 saturated carbocycles. The van der Waals surface area contributed by atoms with Crippen molar-refractivity contribution in [3.8, 4) is 11.1 Å². The second-order valence-corrected chi connectivity index (χ2v) is 7.07. The maximum absolute atomic E-state index is 13.1. The van der Waals surface area contributed by atoms with Gasteiger partial charge in [0.2, 0.25) is 5.91 Å². The van der Waals surface area contributed by atoms with E-state index in [4.69, 9.17) is 5.73 Å². The summed E-state index contributed by atoms with van der Waals surface area (Å²) < 4.78 is 13.1. The van der Waals surface area contributed by atoms with Crippen LogP contribution in [0.4, 0.5) is 4.39 Å². The number of aromatic amines is 1. The van der Waals surface area contributed by atoms with Gasteiger partial charge in [-0.3, -0.25) is 9.59 Å². The van der Waals surface area contributed by atoms with E-state index in [9.17, 15) is 14.0 Å². The molecule has 2 heterocycles. The maximum Gasteiger partial charge on any atom is 0.260 e. The van der Waals surface area contributed by atoms with Gasteiger partial charge in [-0.05, 0) is 24.1 Å². The number of carbonyl (C=O) groups is 1. The van der Waals surface area contributed by atoms with E-state index in [2.05, 4.69) is 9.97 Å². The molecule has 0 radical (unpaired) electrons. The minimum absolute atomic E-state index is 0.224. The number of carbonyl (C=O) groups excluding carboxylic acids is 1. The van der Waals surface area contributed by atoms with Crippen LogP contribution in [-0.2, 0) is 4.79 Å². The van der Waals surface area contributed by atoms with Crippen LogP contribution in [0.2, 0.25) is 0 Å². The molecule has 24 heavy (non-hydrogen) atoms. The molecule has 0 saturated heterocycles. The molecule has 1 amide bonds.